The number of sulfonamides is 1. The van der Waals surface area contributed by atoms with Crippen LogP contribution >= 0.6 is 0 Å². The average molecular weight is 401 g/mol. The number of aliphatic carboxylic acids is 1. The molecule has 0 aliphatic rings. The molecule has 0 saturated carbocycles. The van der Waals surface area contributed by atoms with Gasteiger partial charge in [-0.15, -0.1) is 0 Å². The van der Waals surface area contributed by atoms with Gasteiger partial charge in [0.2, 0.25) is 10.0 Å². The Morgan fingerprint density at radius 2 is 1.57 bits per heavy atom. The lowest BCUT2D eigenvalue weighted by Crippen LogP contribution is -2.32. The highest BCUT2D eigenvalue weighted by atomic mass is 32.2. The van der Waals surface area contributed by atoms with E-state index in [-0.39, 0.29) is 10.7 Å². The first-order chi connectivity index (χ1) is 13.0. The van der Waals surface area contributed by atoms with Gasteiger partial charge in [-0.1, -0.05) is 18.2 Å². The number of carbonyl (C=O) groups is 2. The Balaban J connectivity index is 2.20. The normalized spacial score (nSPS) is 11.9. The second-order valence-electron chi connectivity index (χ2n) is 6.67. The summed E-state index contributed by atoms with van der Waals surface area (Å²) in [6, 6.07) is 9.52. The van der Waals surface area contributed by atoms with Crippen LogP contribution in [0.2, 0.25) is 0 Å². The van der Waals surface area contributed by atoms with E-state index in [0.717, 1.165) is 21.0 Å². The maximum atomic E-state index is 12.4. The number of ketones is 1. The molecule has 0 amide bonds. The number of benzene rings is 2. The molecule has 0 aromatic heterocycles. The van der Waals surface area contributed by atoms with Crippen LogP contribution in [0.15, 0.2) is 47.4 Å². The van der Waals surface area contributed by atoms with E-state index >= 15 is 0 Å². The Kier molecular flexibility index (Phi) is 6.53. The number of hydrogen-bond acceptors (Lipinski definition) is 4. The summed E-state index contributed by atoms with van der Waals surface area (Å²) in [6.45, 7) is 5.38. The van der Waals surface area contributed by atoms with Crippen LogP contribution in [-0.4, -0.2) is 43.2 Å². The summed E-state index contributed by atoms with van der Waals surface area (Å²) in [5.41, 5.74) is 4.68. The zero-order chi connectivity index (χ0) is 21.1. The third-order valence-corrected chi connectivity index (χ3v) is 6.32. The monoisotopic (exact) mass is 401 g/mol. The molecule has 0 fully saturated rings. The third kappa shape index (κ3) is 4.94. The summed E-state index contributed by atoms with van der Waals surface area (Å²) >= 11 is 0. The van der Waals surface area contributed by atoms with E-state index < -0.39 is 22.5 Å². The van der Waals surface area contributed by atoms with Crippen molar-refractivity contribution in [1.82, 2.24) is 4.31 Å². The van der Waals surface area contributed by atoms with Gasteiger partial charge in [0.25, 0.3) is 0 Å². The minimum absolute atomic E-state index is 0.0678. The Bertz CT molecular complexity index is 1040. The molecule has 28 heavy (non-hydrogen) atoms. The van der Waals surface area contributed by atoms with Crippen LogP contribution in [-0.2, 0) is 14.8 Å². The van der Waals surface area contributed by atoms with Gasteiger partial charge in [0.1, 0.15) is 6.54 Å². The van der Waals surface area contributed by atoms with Gasteiger partial charge < -0.3 is 5.11 Å². The number of rotatable bonds is 7. The maximum absolute atomic E-state index is 12.4. The van der Waals surface area contributed by atoms with Gasteiger partial charge in [-0.05, 0) is 73.4 Å². The highest BCUT2D eigenvalue weighted by molar-refractivity contribution is 7.89. The van der Waals surface area contributed by atoms with E-state index in [0.29, 0.717) is 5.56 Å². The number of hydrogen-bond donors (Lipinski definition) is 1. The first-order valence-electron chi connectivity index (χ1n) is 8.61. The lowest BCUT2D eigenvalue weighted by Gasteiger charge is -2.14. The molecular formula is C21H23NO5S. The fourth-order valence-corrected chi connectivity index (χ4v) is 3.79. The summed E-state index contributed by atoms with van der Waals surface area (Å²) in [6.07, 6.45) is 3.20. The van der Waals surface area contributed by atoms with Crippen molar-refractivity contribution in [3.8, 4) is 0 Å². The average Bonchev–Trinajstić information content (AvgIpc) is 2.62. The summed E-state index contributed by atoms with van der Waals surface area (Å²) in [7, 11) is -2.73. The van der Waals surface area contributed by atoms with Crippen molar-refractivity contribution in [2.24, 2.45) is 0 Å². The second-order valence-corrected chi connectivity index (χ2v) is 8.71. The molecule has 0 spiro atoms. The van der Waals surface area contributed by atoms with Crippen LogP contribution < -0.4 is 0 Å². The summed E-state index contributed by atoms with van der Waals surface area (Å²) < 4.78 is 25.4. The summed E-state index contributed by atoms with van der Waals surface area (Å²) in [5.74, 6) is -1.50. The number of allylic oxidation sites excluding steroid dienone is 1. The molecule has 6 nitrogen and oxygen atoms in total. The SMILES string of the molecule is Cc1cc(C)c(/C=C/C(=O)c2ccc(S(=O)(=O)N(C)CC(=O)O)cc2)cc1C. The molecule has 1 N–H and O–H groups in total. The molecule has 2 rings (SSSR count). The minimum atomic E-state index is -3.92. The Hall–Kier alpha value is -2.77. The van der Waals surface area contributed by atoms with Crippen LogP contribution in [0.4, 0.5) is 0 Å². The zero-order valence-electron chi connectivity index (χ0n) is 16.3. The molecule has 2 aromatic rings. The molecular weight excluding hydrogens is 378 g/mol. The molecule has 0 radical (unpaired) electrons. The van der Waals surface area contributed by atoms with Crippen LogP contribution in [0, 0.1) is 20.8 Å². The first-order valence-corrected chi connectivity index (χ1v) is 10.0. The van der Waals surface area contributed by atoms with Gasteiger partial charge in [-0.2, -0.15) is 4.31 Å². The molecule has 148 valence electrons. The Morgan fingerprint density at radius 1 is 1.00 bits per heavy atom. The summed E-state index contributed by atoms with van der Waals surface area (Å²) in [4.78, 5) is 23.1. The molecule has 0 heterocycles. The van der Waals surface area contributed by atoms with Crippen molar-refractivity contribution in [2.45, 2.75) is 25.7 Å². The van der Waals surface area contributed by atoms with Crippen molar-refractivity contribution in [3.63, 3.8) is 0 Å². The van der Waals surface area contributed by atoms with E-state index in [4.69, 9.17) is 5.11 Å². The quantitative estimate of drug-likeness (QED) is 0.568. The van der Waals surface area contributed by atoms with Gasteiger partial charge in [-0.25, -0.2) is 8.42 Å². The number of nitrogens with zero attached hydrogens (tertiary/aromatic N) is 1. The van der Waals surface area contributed by atoms with Crippen molar-refractivity contribution in [3.05, 3.63) is 70.3 Å². The van der Waals surface area contributed by atoms with Gasteiger partial charge in [0.05, 0.1) is 4.90 Å². The molecule has 0 aliphatic carbocycles. The molecule has 7 heteroatoms. The fraction of sp³-hybridized carbons (Fsp3) is 0.238. The van der Waals surface area contributed by atoms with Gasteiger partial charge in [-0.3, -0.25) is 9.59 Å². The van der Waals surface area contributed by atoms with Crippen LogP contribution in [0.25, 0.3) is 6.08 Å². The van der Waals surface area contributed by atoms with E-state index in [1.165, 1.54) is 43.0 Å². The smallest absolute Gasteiger partial charge is 0.318 e. The number of carboxylic acid groups (broad SMARTS) is 1. The van der Waals surface area contributed by atoms with Crippen LogP contribution in [0.3, 0.4) is 0 Å². The van der Waals surface area contributed by atoms with Crippen molar-refractivity contribution in [2.75, 3.05) is 13.6 Å². The Morgan fingerprint density at radius 3 is 2.14 bits per heavy atom. The van der Waals surface area contributed by atoms with E-state index in [1.807, 2.05) is 26.8 Å². The molecule has 0 aliphatic heterocycles. The van der Waals surface area contributed by atoms with Crippen molar-refractivity contribution < 1.29 is 23.1 Å². The lowest BCUT2D eigenvalue weighted by atomic mass is 10.00. The summed E-state index contributed by atoms with van der Waals surface area (Å²) in [5, 5.41) is 8.76. The number of carbonyl (C=O) groups excluding carboxylic acids is 1. The number of likely N-dealkylation sites (N-methyl/N-ethyl adjacent to an activating group) is 1. The standard InChI is InChI=1S/C21H23NO5S/c1-14-11-16(3)18(12-15(14)2)7-10-20(23)17-5-8-19(9-6-17)28(26,27)22(4)13-21(24)25/h5-12H,13H2,1-4H3,(H,24,25)/b10-7+. The second kappa shape index (κ2) is 8.50. The van der Waals surface area contributed by atoms with E-state index in [2.05, 4.69) is 6.07 Å². The number of aryl methyl sites for hydroxylation is 3. The van der Waals surface area contributed by atoms with Gasteiger partial charge in [0.15, 0.2) is 5.78 Å². The topological polar surface area (TPSA) is 91.8 Å². The molecule has 0 unspecified atom stereocenters. The number of carboxylic acids is 1. The van der Waals surface area contributed by atoms with Crippen LogP contribution in [0.1, 0.15) is 32.6 Å². The molecule has 0 atom stereocenters. The van der Waals surface area contributed by atoms with E-state index in [1.54, 1.807) is 6.08 Å². The first kappa shape index (κ1) is 21.5. The fourth-order valence-electron chi connectivity index (χ4n) is 2.67. The predicted molar refractivity (Wildman–Crippen MR) is 108 cm³/mol. The maximum Gasteiger partial charge on any atom is 0.318 e. The highest BCUT2D eigenvalue weighted by Gasteiger charge is 2.22. The van der Waals surface area contributed by atoms with E-state index in [9.17, 15) is 18.0 Å². The molecule has 2 aromatic carbocycles. The highest BCUT2D eigenvalue weighted by Crippen LogP contribution is 2.18. The Labute approximate surface area is 165 Å². The van der Waals surface area contributed by atoms with Crippen molar-refractivity contribution >= 4 is 27.9 Å². The zero-order valence-corrected chi connectivity index (χ0v) is 17.1. The van der Waals surface area contributed by atoms with Crippen molar-refractivity contribution in [1.29, 1.82) is 0 Å². The van der Waals surface area contributed by atoms with Crippen LogP contribution in [0.5, 0.6) is 0 Å². The lowest BCUT2D eigenvalue weighted by molar-refractivity contribution is -0.137. The largest absolute Gasteiger partial charge is 0.480 e. The van der Waals surface area contributed by atoms with Gasteiger partial charge in [0, 0.05) is 12.6 Å². The predicted octanol–water partition coefficient (Wildman–Crippen LogP) is 3.21. The minimum Gasteiger partial charge on any atom is -0.480 e. The third-order valence-electron chi connectivity index (χ3n) is 4.50. The molecule has 0 bridgehead atoms. The van der Waals surface area contributed by atoms with Gasteiger partial charge >= 0.3 is 5.97 Å². The molecule has 0 saturated heterocycles.